The van der Waals surface area contributed by atoms with E-state index in [1.807, 2.05) is 6.92 Å². The summed E-state index contributed by atoms with van der Waals surface area (Å²) in [7, 11) is 0. The van der Waals surface area contributed by atoms with Gasteiger partial charge in [-0.05, 0) is 24.1 Å². The summed E-state index contributed by atoms with van der Waals surface area (Å²) in [5.41, 5.74) is 6.09. The van der Waals surface area contributed by atoms with Gasteiger partial charge in [-0.2, -0.15) is 0 Å². The van der Waals surface area contributed by atoms with Gasteiger partial charge in [0.1, 0.15) is 5.82 Å². The molecular weight excluding hydrogens is 239 g/mol. The molecule has 0 saturated carbocycles. The van der Waals surface area contributed by atoms with Gasteiger partial charge < -0.3 is 11.1 Å². The zero-order valence-corrected chi connectivity index (χ0v) is 10.4. The number of nitrogens with two attached hydrogens (primary N) is 1. The van der Waals surface area contributed by atoms with E-state index in [0.717, 1.165) is 0 Å². The van der Waals surface area contributed by atoms with Crippen molar-refractivity contribution in [2.24, 2.45) is 5.73 Å². The molecule has 17 heavy (non-hydrogen) atoms. The maximum absolute atomic E-state index is 12.9. The topological polar surface area (TPSA) is 55.1 Å². The molecule has 0 aliphatic rings. The van der Waals surface area contributed by atoms with Crippen molar-refractivity contribution in [3.8, 4) is 0 Å². The van der Waals surface area contributed by atoms with E-state index < -0.39 is 0 Å². The number of benzene rings is 1. The summed E-state index contributed by atoms with van der Waals surface area (Å²) in [4.78, 5) is 11.9. The Balaban J connectivity index is 2.58. The fourth-order valence-electron chi connectivity index (χ4n) is 1.45. The van der Waals surface area contributed by atoms with Gasteiger partial charge >= 0.3 is 0 Å². The minimum Gasteiger partial charge on any atom is -0.392 e. The van der Waals surface area contributed by atoms with Crippen LogP contribution in [-0.4, -0.2) is 16.9 Å². The van der Waals surface area contributed by atoms with Gasteiger partial charge in [-0.1, -0.05) is 31.3 Å². The second-order valence-corrected chi connectivity index (χ2v) is 4.21. The Morgan fingerprint density at radius 3 is 2.82 bits per heavy atom. The Kier molecular flexibility index (Phi) is 5.03. The fraction of sp³-hybridized carbons (Fsp3) is 0.333. The van der Waals surface area contributed by atoms with E-state index in [1.165, 1.54) is 12.1 Å². The van der Waals surface area contributed by atoms with Crippen molar-refractivity contribution in [3.63, 3.8) is 0 Å². The van der Waals surface area contributed by atoms with E-state index in [1.54, 1.807) is 12.1 Å². The standard InChI is InChI=1S/C12H15FN2OS/c1-2-10(12(14)17)15-11(16)7-8-4-3-5-9(13)6-8/h3-6,10H,2,7H2,1H3,(H2,14,17)(H,15,16). The van der Waals surface area contributed by atoms with Gasteiger partial charge in [-0.15, -0.1) is 0 Å². The molecule has 0 aromatic heterocycles. The molecule has 0 fully saturated rings. The number of amides is 1. The summed E-state index contributed by atoms with van der Waals surface area (Å²) >= 11 is 4.82. The van der Waals surface area contributed by atoms with Crippen LogP contribution in [0.1, 0.15) is 18.9 Å². The second kappa shape index (κ2) is 6.30. The normalized spacial score (nSPS) is 11.9. The highest BCUT2D eigenvalue weighted by Crippen LogP contribution is 2.04. The molecule has 3 nitrogen and oxygen atoms in total. The number of hydrogen-bond donors (Lipinski definition) is 2. The number of nitrogens with one attached hydrogen (secondary N) is 1. The predicted molar refractivity (Wildman–Crippen MR) is 69.1 cm³/mol. The van der Waals surface area contributed by atoms with Gasteiger partial charge in [0.05, 0.1) is 17.5 Å². The molecule has 1 aromatic carbocycles. The molecule has 0 spiro atoms. The third kappa shape index (κ3) is 4.48. The van der Waals surface area contributed by atoms with Crippen molar-refractivity contribution in [1.82, 2.24) is 5.32 Å². The van der Waals surface area contributed by atoms with E-state index >= 15 is 0 Å². The van der Waals surface area contributed by atoms with E-state index in [2.05, 4.69) is 5.32 Å². The van der Waals surface area contributed by atoms with Crippen molar-refractivity contribution in [2.75, 3.05) is 0 Å². The van der Waals surface area contributed by atoms with Crippen LogP contribution in [0.25, 0.3) is 0 Å². The molecule has 1 amide bonds. The van der Waals surface area contributed by atoms with Gasteiger partial charge in [-0.25, -0.2) is 4.39 Å². The first-order valence-corrected chi connectivity index (χ1v) is 5.77. The van der Waals surface area contributed by atoms with E-state index in [4.69, 9.17) is 18.0 Å². The minimum atomic E-state index is -0.350. The van der Waals surface area contributed by atoms with Crippen LogP contribution >= 0.6 is 12.2 Å². The van der Waals surface area contributed by atoms with Gasteiger partial charge in [0.25, 0.3) is 0 Å². The first kappa shape index (κ1) is 13.6. The van der Waals surface area contributed by atoms with Crippen molar-refractivity contribution in [1.29, 1.82) is 0 Å². The Labute approximate surface area is 105 Å². The van der Waals surface area contributed by atoms with Crippen molar-refractivity contribution in [2.45, 2.75) is 25.8 Å². The molecule has 1 aromatic rings. The minimum absolute atomic E-state index is 0.122. The molecule has 0 heterocycles. The SMILES string of the molecule is CCC(NC(=O)Cc1cccc(F)c1)C(N)=S. The Morgan fingerprint density at radius 2 is 2.29 bits per heavy atom. The third-order valence-electron chi connectivity index (χ3n) is 2.34. The van der Waals surface area contributed by atoms with E-state index in [9.17, 15) is 9.18 Å². The van der Waals surface area contributed by atoms with Gasteiger partial charge in [0.2, 0.25) is 5.91 Å². The number of thiocarbonyl (C=S) groups is 1. The highest BCUT2D eigenvalue weighted by Gasteiger charge is 2.13. The lowest BCUT2D eigenvalue weighted by Crippen LogP contribution is -2.43. The molecule has 1 atom stereocenters. The summed E-state index contributed by atoms with van der Waals surface area (Å²) < 4.78 is 12.9. The number of carbonyl (C=O) groups is 1. The van der Waals surface area contributed by atoms with Gasteiger partial charge in [0, 0.05) is 0 Å². The lowest BCUT2D eigenvalue weighted by atomic mass is 10.1. The molecule has 3 N–H and O–H groups in total. The molecule has 0 aliphatic carbocycles. The molecule has 0 saturated heterocycles. The third-order valence-corrected chi connectivity index (χ3v) is 2.63. The van der Waals surface area contributed by atoms with Crippen molar-refractivity contribution in [3.05, 3.63) is 35.6 Å². The van der Waals surface area contributed by atoms with Gasteiger partial charge in [0.15, 0.2) is 0 Å². The van der Waals surface area contributed by atoms with Crippen LogP contribution in [0, 0.1) is 5.82 Å². The van der Waals surface area contributed by atoms with Gasteiger partial charge in [-0.3, -0.25) is 4.79 Å². The molecular formula is C12H15FN2OS. The van der Waals surface area contributed by atoms with E-state index in [-0.39, 0.29) is 29.2 Å². The Morgan fingerprint density at radius 1 is 1.59 bits per heavy atom. The maximum Gasteiger partial charge on any atom is 0.224 e. The monoisotopic (exact) mass is 254 g/mol. The van der Waals surface area contributed by atoms with E-state index in [0.29, 0.717) is 12.0 Å². The number of carbonyl (C=O) groups excluding carboxylic acids is 1. The van der Waals surface area contributed by atoms with Crippen LogP contribution in [0.5, 0.6) is 0 Å². The van der Waals surface area contributed by atoms with Crippen molar-refractivity contribution >= 4 is 23.1 Å². The van der Waals surface area contributed by atoms with Crippen LogP contribution in [0.2, 0.25) is 0 Å². The average molecular weight is 254 g/mol. The quantitative estimate of drug-likeness (QED) is 0.784. The zero-order valence-electron chi connectivity index (χ0n) is 9.57. The number of rotatable bonds is 5. The smallest absolute Gasteiger partial charge is 0.224 e. The number of halogens is 1. The summed E-state index contributed by atoms with van der Waals surface area (Å²) in [5, 5.41) is 2.71. The number of hydrogen-bond acceptors (Lipinski definition) is 2. The molecule has 0 aliphatic heterocycles. The molecule has 0 bridgehead atoms. The van der Waals surface area contributed by atoms with Crippen LogP contribution < -0.4 is 11.1 Å². The molecule has 5 heteroatoms. The summed E-state index contributed by atoms with van der Waals surface area (Å²) in [5.74, 6) is -0.563. The van der Waals surface area contributed by atoms with Crippen LogP contribution in [0.4, 0.5) is 4.39 Å². The highest BCUT2D eigenvalue weighted by atomic mass is 32.1. The average Bonchev–Trinajstić information content (AvgIpc) is 2.25. The zero-order chi connectivity index (χ0) is 12.8. The molecule has 0 radical (unpaired) electrons. The predicted octanol–water partition coefficient (Wildman–Crippen LogP) is 1.55. The van der Waals surface area contributed by atoms with Crippen LogP contribution in [-0.2, 0) is 11.2 Å². The molecule has 1 unspecified atom stereocenters. The molecule has 92 valence electrons. The largest absolute Gasteiger partial charge is 0.392 e. The molecule has 1 rings (SSSR count). The summed E-state index contributed by atoms with van der Waals surface area (Å²) in [6, 6.07) is 5.64. The summed E-state index contributed by atoms with van der Waals surface area (Å²) in [6.45, 7) is 1.88. The van der Waals surface area contributed by atoms with Crippen LogP contribution in [0.3, 0.4) is 0 Å². The fourth-order valence-corrected chi connectivity index (χ4v) is 1.68. The second-order valence-electron chi connectivity index (χ2n) is 3.74. The van der Waals surface area contributed by atoms with Crippen molar-refractivity contribution < 1.29 is 9.18 Å². The Bertz CT molecular complexity index is 423. The summed E-state index contributed by atoms with van der Waals surface area (Å²) in [6.07, 6.45) is 0.765. The maximum atomic E-state index is 12.9. The first-order chi connectivity index (χ1) is 8.02. The Hall–Kier alpha value is -1.49. The van der Waals surface area contributed by atoms with Crippen LogP contribution in [0.15, 0.2) is 24.3 Å². The lowest BCUT2D eigenvalue weighted by Gasteiger charge is -2.15. The lowest BCUT2D eigenvalue weighted by molar-refractivity contribution is -0.120. The first-order valence-electron chi connectivity index (χ1n) is 5.36. The highest BCUT2D eigenvalue weighted by molar-refractivity contribution is 7.80.